The zero-order valence-corrected chi connectivity index (χ0v) is 21.8. The second kappa shape index (κ2) is 8.96. The third kappa shape index (κ3) is 4.16. The van der Waals surface area contributed by atoms with E-state index in [9.17, 15) is 21.2 Å². The van der Waals surface area contributed by atoms with Crippen LogP contribution in [0.3, 0.4) is 0 Å². The molecule has 1 aliphatic carbocycles. The van der Waals surface area contributed by atoms with Crippen LogP contribution in [0.2, 0.25) is 0 Å². The van der Waals surface area contributed by atoms with Gasteiger partial charge in [0.05, 0.1) is 21.5 Å². The summed E-state index contributed by atoms with van der Waals surface area (Å²) < 4.78 is 71.4. The smallest absolute Gasteiger partial charge is 0.269 e. The molecule has 5 aromatic rings. The molecule has 38 heavy (non-hydrogen) atoms. The molecule has 1 fully saturated rings. The second-order valence-corrected chi connectivity index (χ2v) is 13.0. The van der Waals surface area contributed by atoms with Crippen molar-refractivity contribution >= 4 is 36.9 Å². The van der Waals surface area contributed by atoms with Crippen molar-refractivity contribution in [3.63, 3.8) is 0 Å². The molecule has 1 aliphatic rings. The van der Waals surface area contributed by atoms with Gasteiger partial charge in [0, 0.05) is 18.2 Å². The van der Waals surface area contributed by atoms with Gasteiger partial charge in [0.15, 0.2) is 11.3 Å². The fourth-order valence-corrected chi connectivity index (χ4v) is 7.59. The van der Waals surface area contributed by atoms with Crippen LogP contribution in [0.15, 0.2) is 76.8 Å². The van der Waals surface area contributed by atoms with E-state index >= 15 is 0 Å². The monoisotopic (exact) mass is 554 g/mol. The number of hydrogen-bond donors (Lipinski definition) is 1. The largest absolute Gasteiger partial charge is 0.274 e. The number of sulfonamides is 1. The minimum atomic E-state index is -3.89. The van der Waals surface area contributed by atoms with E-state index < -0.39 is 25.9 Å². The average molecular weight is 555 g/mol. The molecule has 10 nitrogen and oxygen atoms in total. The molecule has 0 unspecified atom stereocenters. The lowest BCUT2D eigenvalue weighted by Gasteiger charge is -2.14. The summed E-state index contributed by atoms with van der Waals surface area (Å²) in [6, 6.07) is 12.8. The lowest BCUT2D eigenvalue weighted by molar-refractivity contribution is 0.545. The Morgan fingerprint density at radius 2 is 1.76 bits per heavy atom. The van der Waals surface area contributed by atoms with Crippen molar-refractivity contribution in [1.29, 1.82) is 0 Å². The molecule has 13 heteroatoms. The number of hydrogen-bond acceptors (Lipinski definition) is 7. The van der Waals surface area contributed by atoms with Crippen LogP contribution >= 0.6 is 0 Å². The maximum atomic E-state index is 13.6. The van der Waals surface area contributed by atoms with Gasteiger partial charge >= 0.3 is 0 Å². The first-order chi connectivity index (χ1) is 18.1. The van der Waals surface area contributed by atoms with Crippen molar-refractivity contribution in [2.75, 3.05) is 0 Å². The second-order valence-electron chi connectivity index (χ2n) is 9.43. The molecular weight excluding hydrogens is 531 g/mol. The van der Waals surface area contributed by atoms with Crippen LogP contribution in [-0.2, 0) is 20.0 Å². The third-order valence-corrected chi connectivity index (χ3v) is 10.1. The SMILES string of the molecule is Cc1ccc(S(=O)(=O)n2ccc3c2ncc2nnc([C@@H]4CC[C@H](NS(=O)(=O)c5cccc(F)c5)C4)n23)cc1. The van der Waals surface area contributed by atoms with Gasteiger partial charge in [0.2, 0.25) is 10.0 Å². The summed E-state index contributed by atoms with van der Waals surface area (Å²) >= 11 is 0. The van der Waals surface area contributed by atoms with Crippen molar-refractivity contribution in [1.82, 2.24) is 28.3 Å². The molecule has 0 radical (unpaired) electrons. The van der Waals surface area contributed by atoms with Crippen LogP contribution in [0, 0.1) is 12.7 Å². The highest BCUT2D eigenvalue weighted by Crippen LogP contribution is 2.35. The van der Waals surface area contributed by atoms with Crippen molar-refractivity contribution in [2.45, 2.75) is 47.9 Å². The molecule has 196 valence electrons. The van der Waals surface area contributed by atoms with Crippen molar-refractivity contribution in [3.8, 4) is 0 Å². The molecule has 0 aliphatic heterocycles. The number of nitrogens with one attached hydrogen (secondary N) is 1. The van der Waals surface area contributed by atoms with Crippen LogP contribution in [0.25, 0.3) is 16.8 Å². The first-order valence-corrected chi connectivity index (χ1v) is 14.9. The van der Waals surface area contributed by atoms with E-state index in [2.05, 4.69) is 19.9 Å². The summed E-state index contributed by atoms with van der Waals surface area (Å²) in [6.45, 7) is 1.88. The Bertz CT molecular complexity index is 1900. The van der Waals surface area contributed by atoms with Crippen molar-refractivity contribution in [3.05, 3.63) is 84.2 Å². The van der Waals surface area contributed by atoms with Gasteiger partial charge in [-0.25, -0.2) is 34.9 Å². The number of rotatable bonds is 6. The van der Waals surface area contributed by atoms with E-state index in [1.54, 1.807) is 34.7 Å². The molecule has 0 amide bonds. The van der Waals surface area contributed by atoms with Gasteiger partial charge in [0.1, 0.15) is 11.6 Å². The molecule has 3 aromatic heterocycles. The van der Waals surface area contributed by atoms with Crippen LogP contribution < -0.4 is 4.72 Å². The van der Waals surface area contributed by atoms with E-state index in [-0.39, 0.29) is 27.4 Å². The quantitative estimate of drug-likeness (QED) is 0.341. The molecule has 2 aromatic carbocycles. The number of aromatic nitrogens is 5. The molecule has 1 N–H and O–H groups in total. The standard InChI is InChI=1S/C25H23FN6O4S2/c1-16-5-9-20(10-6-16)38(35,36)31-12-11-22-25(31)27-15-23-28-29-24(32(22)23)17-7-8-19(13-17)30-37(33,34)21-4-2-3-18(26)14-21/h2-6,9-12,14-15,17,19,30H,7-8,13H2,1H3/t17-,19+/m1/s1. The van der Waals surface area contributed by atoms with Gasteiger partial charge in [-0.05, 0) is 62.6 Å². The van der Waals surface area contributed by atoms with E-state index in [4.69, 9.17) is 0 Å². The Hall–Kier alpha value is -3.68. The molecule has 0 bridgehead atoms. The molecule has 6 rings (SSSR count). The lowest BCUT2D eigenvalue weighted by Crippen LogP contribution is -2.33. The Morgan fingerprint density at radius 3 is 2.53 bits per heavy atom. The Balaban J connectivity index is 1.32. The van der Waals surface area contributed by atoms with E-state index in [0.717, 1.165) is 15.6 Å². The first-order valence-electron chi connectivity index (χ1n) is 11.9. The van der Waals surface area contributed by atoms with Gasteiger partial charge in [-0.15, -0.1) is 10.2 Å². The first kappa shape index (κ1) is 24.6. The normalized spacial score (nSPS) is 18.5. The average Bonchev–Trinajstić information content (AvgIpc) is 3.61. The maximum Gasteiger partial charge on any atom is 0.269 e. The highest BCUT2D eigenvalue weighted by molar-refractivity contribution is 7.90. The van der Waals surface area contributed by atoms with Gasteiger partial charge in [-0.3, -0.25) is 4.40 Å². The minimum Gasteiger partial charge on any atom is -0.274 e. The van der Waals surface area contributed by atoms with E-state index in [0.29, 0.717) is 36.3 Å². The predicted molar refractivity (Wildman–Crippen MR) is 137 cm³/mol. The summed E-state index contributed by atoms with van der Waals surface area (Å²) in [5, 5.41) is 8.58. The molecule has 1 saturated carbocycles. The van der Waals surface area contributed by atoms with Gasteiger partial charge < -0.3 is 0 Å². The van der Waals surface area contributed by atoms with Gasteiger partial charge in [-0.1, -0.05) is 23.8 Å². The van der Waals surface area contributed by atoms with Crippen LogP contribution in [-0.4, -0.2) is 46.4 Å². The maximum absolute atomic E-state index is 13.6. The molecule has 3 heterocycles. The van der Waals surface area contributed by atoms with E-state index in [1.807, 2.05) is 6.92 Å². The zero-order chi connectivity index (χ0) is 26.7. The zero-order valence-electron chi connectivity index (χ0n) is 20.2. The molecule has 2 atom stereocenters. The minimum absolute atomic E-state index is 0.127. The molecule has 0 spiro atoms. The highest BCUT2D eigenvalue weighted by Gasteiger charge is 2.33. The Labute approximate surface area is 218 Å². The van der Waals surface area contributed by atoms with Crippen LogP contribution in [0.4, 0.5) is 4.39 Å². The number of nitrogens with zero attached hydrogens (tertiary/aromatic N) is 5. The lowest BCUT2D eigenvalue weighted by atomic mass is 10.1. The van der Waals surface area contributed by atoms with Gasteiger partial charge in [0.25, 0.3) is 10.0 Å². The summed E-state index contributed by atoms with van der Waals surface area (Å²) in [5.41, 5.74) is 2.17. The van der Waals surface area contributed by atoms with E-state index in [1.165, 1.54) is 30.6 Å². The van der Waals surface area contributed by atoms with Crippen molar-refractivity contribution < 1.29 is 21.2 Å². The summed E-state index contributed by atoms with van der Waals surface area (Å²) in [7, 11) is -7.78. The fraction of sp³-hybridized carbons (Fsp3) is 0.240. The Kier molecular flexibility index (Phi) is 5.81. The summed E-state index contributed by atoms with van der Waals surface area (Å²) in [4.78, 5) is 4.38. The number of halogens is 1. The molecule has 0 saturated heterocycles. The number of aryl methyl sites for hydroxylation is 1. The number of benzene rings is 2. The summed E-state index contributed by atoms with van der Waals surface area (Å²) in [6.07, 6.45) is 4.59. The summed E-state index contributed by atoms with van der Waals surface area (Å²) in [5.74, 6) is -0.153. The Morgan fingerprint density at radius 1 is 0.974 bits per heavy atom. The topological polar surface area (TPSA) is 128 Å². The molecular formula is C25H23FN6O4S2. The van der Waals surface area contributed by atoms with Crippen LogP contribution in [0.5, 0.6) is 0 Å². The van der Waals surface area contributed by atoms with Crippen LogP contribution in [0.1, 0.15) is 36.6 Å². The predicted octanol–water partition coefficient (Wildman–Crippen LogP) is 3.38. The van der Waals surface area contributed by atoms with Gasteiger partial charge in [-0.2, -0.15) is 0 Å². The highest BCUT2D eigenvalue weighted by atomic mass is 32.2. The fourth-order valence-electron chi connectivity index (χ4n) is 4.98. The number of fused-ring (bicyclic) bond motifs is 3. The third-order valence-electron chi connectivity index (χ3n) is 6.87. The van der Waals surface area contributed by atoms with Crippen molar-refractivity contribution in [2.24, 2.45) is 0 Å².